The first kappa shape index (κ1) is 30.5. The minimum absolute atomic E-state index is 0.215. The zero-order chi connectivity index (χ0) is 30.9. The molecule has 0 aliphatic carbocycles. The Morgan fingerprint density at radius 2 is 1.80 bits per heavy atom. The first-order valence-corrected chi connectivity index (χ1v) is 15.4. The van der Waals surface area contributed by atoms with Gasteiger partial charge in [-0.1, -0.05) is 48.0 Å². The lowest BCUT2D eigenvalue weighted by Gasteiger charge is -2.14. The Labute approximate surface area is 268 Å². The third-order valence-corrected chi connectivity index (χ3v) is 7.95. The number of aryl methyl sites for hydroxylation is 1. The van der Waals surface area contributed by atoms with Gasteiger partial charge in [-0.3, -0.25) is 4.79 Å². The van der Waals surface area contributed by atoms with Gasteiger partial charge in [0.05, 0.1) is 30.1 Å². The topological polar surface area (TPSA) is 109 Å². The second kappa shape index (κ2) is 14.5. The molecular formula is C34H28BrN5O3S. The second-order valence-corrected chi connectivity index (χ2v) is 11.3. The van der Waals surface area contributed by atoms with E-state index in [1.807, 2.05) is 66.9 Å². The number of halogens is 1. The summed E-state index contributed by atoms with van der Waals surface area (Å²) in [5, 5.41) is 19.6. The summed E-state index contributed by atoms with van der Waals surface area (Å²) in [5.74, 6) is 0.698. The molecular weight excluding hydrogens is 638 g/mol. The van der Waals surface area contributed by atoms with Crippen molar-refractivity contribution in [3.05, 3.63) is 123 Å². The highest BCUT2D eigenvalue weighted by Gasteiger charge is 2.13. The molecule has 44 heavy (non-hydrogen) atoms. The zero-order valence-corrected chi connectivity index (χ0v) is 26.4. The van der Waals surface area contributed by atoms with Gasteiger partial charge < -0.3 is 14.8 Å². The molecule has 5 rings (SSSR count). The predicted molar refractivity (Wildman–Crippen MR) is 178 cm³/mol. The van der Waals surface area contributed by atoms with Crippen LogP contribution in [0.15, 0.2) is 99.9 Å². The van der Waals surface area contributed by atoms with Gasteiger partial charge in [-0.25, -0.2) is 10.4 Å². The molecule has 10 heteroatoms. The largest absolute Gasteiger partial charge is 0.490 e. The van der Waals surface area contributed by atoms with Crippen LogP contribution < -0.4 is 20.2 Å². The molecule has 0 radical (unpaired) electrons. The number of amides is 1. The Balaban J connectivity index is 1.21. The smallest absolute Gasteiger partial charge is 0.271 e. The van der Waals surface area contributed by atoms with Crippen LogP contribution >= 0.6 is 27.3 Å². The fourth-order valence-electron chi connectivity index (χ4n) is 4.18. The highest BCUT2D eigenvalue weighted by Crippen LogP contribution is 2.34. The minimum Gasteiger partial charge on any atom is -0.490 e. The number of hydrogen-bond acceptors (Lipinski definition) is 8. The standard InChI is InChI=1S/C34H28BrN5O3S/c1-3-42-31-16-27(29(35)17-32(31)43-20-26-7-5-4-6-25(26)18-36)19-37-40-33(41)24-12-10-23(11-13-24)30-21-44-34(39-30)38-28-14-8-22(2)9-15-28/h4-17,19,21H,3,20H2,1-2H3,(H,38,39)(H,40,41)/b37-19-. The second-order valence-electron chi connectivity index (χ2n) is 9.62. The third kappa shape index (κ3) is 7.69. The lowest BCUT2D eigenvalue weighted by molar-refractivity contribution is 0.0955. The quantitative estimate of drug-likeness (QED) is 0.109. The summed E-state index contributed by atoms with van der Waals surface area (Å²) in [6, 6.07) is 28.4. The third-order valence-electron chi connectivity index (χ3n) is 6.50. The van der Waals surface area contributed by atoms with Crippen LogP contribution in [0.2, 0.25) is 0 Å². The van der Waals surface area contributed by atoms with Gasteiger partial charge in [-0.15, -0.1) is 11.3 Å². The molecule has 5 aromatic rings. The first-order valence-electron chi connectivity index (χ1n) is 13.7. The summed E-state index contributed by atoms with van der Waals surface area (Å²) in [6.45, 7) is 4.58. The molecule has 0 unspecified atom stereocenters. The summed E-state index contributed by atoms with van der Waals surface area (Å²) in [6.07, 6.45) is 1.53. The Morgan fingerprint density at radius 3 is 2.55 bits per heavy atom. The van der Waals surface area contributed by atoms with Crippen LogP contribution in [0.3, 0.4) is 0 Å². The molecule has 0 aliphatic heterocycles. The number of hydrogen-bond donors (Lipinski definition) is 2. The fourth-order valence-corrected chi connectivity index (χ4v) is 5.35. The number of carbonyl (C=O) groups is 1. The van der Waals surface area contributed by atoms with E-state index in [2.05, 4.69) is 49.8 Å². The number of thiazole rings is 1. The SMILES string of the molecule is CCOc1cc(/C=N\NC(=O)c2ccc(-c3csc(Nc4ccc(C)cc4)n3)cc2)c(Br)cc1OCc1ccccc1C#N. The summed E-state index contributed by atoms with van der Waals surface area (Å²) in [4.78, 5) is 17.4. The monoisotopic (exact) mass is 665 g/mol. The number of anilines is 2. The van der Waals surface area contributed by atoms with Crippen LogP contribution in [0.1, 0.15) is 39.5 Å². The van der Waals surface area contributed by atoms with Crippen LogP contribution in [0, 0.1) is 18.3 Å². The summed E-state index contributed by atoms with van der Waals surface area (Å²) in [7, 11) is 0. The maximum Gasteiger partial charge on any atom is 0.271 e. The van der Waals surface area contributed by atoms with Crippen LogP contribution in [-0.4, -0.2) is 23.7 Å². The van der Waals surface area contributed by atoms with Crippen molar-refractivity contribution in [3.8, 4) is 28.8 Å². The van der Waals surface area contributed by atoms with E-state index in [0.717, 1.165) is 27.6 Å². The van der Waals surface area contributed by atoms with Crippen molar-refractivity contribution < 1.29 is 14.3 Å². The van der Waals surface area contributed by atoms with Crippen LogP contribution in [0.25, 0.3) is 11.3 Å². The maximum absolute atomic E-state index is 12.8. The Kier molecular flexibility index (Phi) is 10.0. The van der Waals surface area contributed by atoms with Gasteiger partial charge in [0.1, 0.15) is 6.61 Å². The average molecular weight is 667 g/mol. The number of nitrogens with zero attached hydrogens (tertiary/aromatic N) is 3. The number of carbonyl (C=O) groups excluding carboxylic acids is 1. The van der Waals surface area contributed by atoms with Crippen molar-refractivity contribution in [2.24, 2.45) is 5.10 Å². The van der Waals surface area contributed by atoms with Crippen molar-refractivity contribution in [2.45, 2.75) is 20.5 Å². The average Bonchev–Trinajstić information content (AvgIpc) is 3.51. The molecule has 8 nitrogen and oxygen atoms in total. The highest BCUT2D eigenvalue weighted by molar-refractivity contribution is 9.10. The van der Waals surface area contributed by atoms with Crippen molar-refractivity contribution in [1.29, 1.82) is 5.26 Å². The van der Waals surface area contributed by atoms with E-state index in [1.54, 1.807) is 30.3 Å². The fraction of sp³-hybridized carbons (Fsp3) is 0.118. The molecule has 0 atom stereocenters. The molecule has 1 amide bonds. The minimum atomic E-state index is -0.343. The van der Waals surface area contributed by atoms with Gasteiger partial charge in [-0.05, 0) is 72.2 Å². The molecule has 0 spiro atoms. The maximum atomic E-state index is 12.8. The van der Waals surface area contributed by atoms with Crippen molar-refractivity contribution in [3.63, 3.8) is 0 Å². The molecule has 0 saturated carbocycles. The van der Waals surface area contributed by atoms with E-state index in [-0.39, 0.29) is 12.5 Å². The van der Waals surface area contributed by atoms with E-state index in [4.69, 9.17) is 9.47 Å². The summed E-state index contributed by atoms with van der Waals surface area (Å²) >= 11 is 5.07. The van der Waals surface area contributed by atoms with E-state index < -0.39 is 0 Å². The van der Waals surface area contributed by atoms with Gasteiger partial charge >= 0.3 is 0 Å². The molecule has 220 valence electrons. The van der Waals surface area contributed by atoms with E-state index in [9.17, 15) is 10.1 Å². The lowest BCUT2D eigenvalue weighted by Crippen LogP contribution is -2.17. The number of ether oxygens (including phenoxy) is 2. The molecule has 0 fully saturated rings. The highest BCUT2D eigenvalue weighted by atomic mass is 79.9. The lowest BCUT2D eigenvalue weighted by atomic mass is 10.1. The van der Waals surface area contributed by atoms with Gasteiger partial charge in [-0.2, -0.15) is 10.4 Å². The summed E-state index contributed by atoms with van der Waals surface area (Å²) < 4.78 is 12.5. The van der Waals surface area contributed by atoms with Crippen molar-refractivity contribution >= 4 is 50.2 Å². The Bertz CT molecular complexity index is 1830. The molecule has 0 aliphatic rings. The Hall–Kier alpha value is -4.98. The zero-order valence-electron chi connectivity index (χ0n) is 24.0. The molecule has 1 aromatic heterocycles. The van der Waals surface area contributed by atoms with E-state index in [0.29, 0.717) is 39.3 Å². The molecule has 0 bridgehead atoms. The summed E-state index contributed by atoms with van der Waals surface area (Å²) in [5.41, 5.74) is 8.98. The van der Waals surface area contributed by atoms with Crippen LogP contribution in [0.5, 0.6) is 11.5 Å². The number of aromatic nitrogens is 1. The van der Waals surface area contributed by atoms with Gasteiger partial charge in [0.25, 0.3) is 5.91 Å². The van der Waals surface area contributed by atoms with Crippen LogP contribution in [-0.2, 0) is 6.61 Å². The van der Waals surface area contributed by atoms with E-state index in [1.165, 1.54) is 23.1 Å². The molecule has 0 saturated heterocycles. The van der Waals surface area contributed by atoms with E-state index >= 15 is 0 Å². The number of hydrazone groups is 1. The molecule has 1 heterocycles. The predicted octanol–water partition coefficient (Wildman–Crippen LogP) is 8.24. The normalized spacial score (nSPS) is 10.8. The number of rotatable bonds is 11. The van der Waals surface area contributed by atoms with Crippen molar-refractivity contribution in [2.75, 3.05) is 11.9 Å². The van der Waals surface area contributed by atoms with Crippen LogP contribution in [0.4, 0.5) is 10.8 Å². The first-order chi connectivity index (χ1) is 21.4. The van der Waals surface area contributed by atoms with Gasteiger partial charge in [0.2, 0.25) is 0 Å². The number of benzene rings is 4. The molecule has 2 N–H and O–H groups in total. The van der Waals surface area contributed by atoms with Gasteiger partial charge in [0, 0.05) is 37.8 Å². The number of nitrogens with one attached hydrogen (secondary N) is 2. The molecule has 4 aromatic carbocycles. The van der Waals surface area contributed by atoms with Gasteiger partial charge in [0.15, 0.2) is 16.6 Å². The number of nitriles is 1. The Morgan fingerprint density at radius 1 is 1.05 bits per heavy atom. The van der Waals surface area contributed by atoms with Crippen molar-refractivity contribution in [1.82, 2.24) is 10.4 Å².